The summed E-state index contributed by atoms with van der Waals surface area (Å²) in [6.45, 7) is 4.41. The maximum atomic E-state index is 9.18. The number of hydrogen-bond acceptors (Lipinski definition) is 1. The zero-order chi connectivity index (χ0) is 10.6. The van der Waals surface area contributed by atoms with Crippen molar-refractivity contribution in [1.82, 2.24) is 5.32 Å². The molecule has 2 unspecified atom stereocenters. The molecule has 0 spiro atoms. The third kappa shape index (κ3) is 2.84. The van der Waals surface area contributed by atoms with E-state index in [0.717, 1.165) is 25.2 Å². The van der Waals surface area contributed by atoms with Crippen LogP contribution in [-0.2, 0) is 0 Å². The highest BCUT2D eigenvalue weighted by atomic mass is 32.1. The molecular weight excluding hydrogens is 194 g/mol. The fourth-order valence-corrected chi connectivity index (χ4v) is 2.80. The molecule has 0 aromatic carbocycles. The van der Waals surface area contributed by atoms with Gasteiger partial charge in [0, 0.05) is 5.54 Å². The fraction of sp³-hybridized carbons (Fsp3) is 0.909. The van der Waals surface area contributed by atoms with E-state index in [4.69, 9.17) is 12.2 Å². The van der Waals surface area contributed by atoms with Crippen LogP contribution in [0.4, 0.5) is 0 Å². The van der Waals surface area contributed by atoms with E-state index < -0.39 is 0 Å². The van der Waals surface area contributed by atoms with Crippen LogP contribution in [0.5, 0.6) is 0 Å². The molecule has 0 aliphatic heterocycles. The van der Waals surface area contributed by atoms with Crippen LogP contribution in [0.1, 0.15) is 52.4 Å². The largest absolute Gasteiger partial charge is 0.487 e. The van der Waals surface area contributed by atoms with Gasteiger partial charge in [0.1, 0.15) is 0 Å². The van der Waals surface area contributed by atoms with Gasteiger partial charge in [-0.3, -0.25) is 0 Å². The van der Waals surface area contributed by atoms with E-state index in [9.17, 15) is 5.11 Å². The number of hydrogen-bond donors (Lipinski definition) is 2. The van der Waals surface area contributed by atoms with Crippen molar-refractivity contribution in [1.29, 1.82) is 0 Å². The average molecular weight is 215 g/mol. The molecule has 0 radical (unpaired) electrons. The summed E-state index contributed by atoms with van der Waals surface area (Å²) in [6.07, 6.45) is 7.16. The highest BCUT2D eigenvalue weighted by Gasteiger charge is 2.34. The second-order valence-corrected chi connectivity index (χ2v) is 4.82. The topological polar surface area (TPSA) is 32.3 Å². The van der Waals surface area contributed by atoms with Gasteiger partial charge in [-0.1, -0.05) is 33.1 Å². The van der Waals surface area contributed by atoms with E-state index in [1.807, 2.05) is 0 Å². The molecule has 0 aromatic heterocycles. The van der Waals surface area contributed by atoms with Crippen molar-refractivity contribution in [3.63, 3.8) is 0 Å². The van der Waals surface area contributed by atoms with E-state index in [-0.39, 0.29) is 10.7 Å². The Bertz CT molecular complexity index is 207. The third-order valence-corrected chi connectivity index (χ3v) is 3.68. The van der Waals surface area contributed by atoms with Crippen LogP contribution in [0.3, 0.4) is 0 Å². The number of aliphatic hydroxyl groups is 1. The number of rotatable bonds is 3. The van der Waals surface area contributed by atoms with Crippen molar-refractivity contribution in [3.8, 4) is 0 Å². The summed E-state index contributed by atoms with van der Waals surface area (Å²) in [5, 5.41) is 12.2. The molecule has 2 atom stereocenters. The zero-order valence-electron chi connectivity index (χ0n) is 9.18. The Balaban J connectivity index is 2.62. The Hall–Kier alpha value is -0.310. The zero-order valence-corrected chi connectivity index (χ0v) is 9.99. The van der Waals surface area contributed by atoms with Crippen molar-refractivity contribution < 1.29 is 5.11 Å². The van der Waals surface area contributed by atoms with Crippen molar-refractivity contribution >= 4 is 17.4 Å². The summed E-state index contributed by atoms with van der Waals surface area (Å²) in [7, 11) is 0. The van der Waals surface area contributed by atoms with Crippen LogP contribution < -0.4 is 5.32 Å². The predicted molar refractivity (Wildman–Crippen MR) is 63.6 cm³/mol. The maximum absolute atomic E-state index is 9.18. The molecule has 1 fully saturated rings. The Morgan fingerprint density at radius 1 is 1.57 bits per heavy atom. The second kappa shape index (κ2) is 4.96. The molecule has 1 rings (SSSR count). The third-order valence-electron chi connectivity index (χ3n) is 3.57. The molecular formula is C11H21NOS. The SMILES string of the molecule is CCC1CCCC(CC)(NC(O)=S)C1. The normalized spacial score (nSPS) is 32.6. The standard InChI is InChI=1S/C11H21NOS/c1-3-9-6-5-7-11(4-2,8-9)12-10(13)14/h9H,3-8H2,1-2H3,(H2,12,13,14). The molecule has 0 saturated heterocycles. The summed E-state index contributed by atoms with van der Waals surface area (Å²) < 4.78 is 0. The summed E-state index contributed by atoms with van der Waals surface area (Å²) in [4.78, 5) is 0. The first-order valence-corrected chi connectivity index (χ1v) is 6.04. The van der Waals surface area contributed by atoms with Crippen LogP contribution in [0.15, 0.2) is 0 Å². The first-order chi connectivity index (χ1) is 6.62. The summed E-state index contributed by atoms with van der Waals surface area (Å²) in [5.41, 5.74) is 0.0742. The minimum atomic E-state index is -0.0383. The number of aliphatic hydroxyl groups excluding tert-OH is 1. The fourth-order valence-electron chi connectivity index (χ4n) is 2.58. The number of thiocarbonyl (C=S) groups is 1. The van der Waals surface area contributed by atoms with E-state index in [2.05, 4.69) is 19.2 Å². The van der Waals surface area contributed by atoms with E-state index >= 15 is 0 Å². The quantitative estimate of drug-likeness (QED) is 0.709. The van der Waals surface area contributed by atoms with Crippen molar-refractivity contribution in [2.45, 2.75) is 57.9 Å². The van der Waals surface area contributed by atoms with Crippen LogP contribution in [0, 0.1) is 5.92 Å². The van der Waals surface area contributed by atoms with Gasteiger partial charge in [-0.05, 0) is 37.4 Å². The van der Waals surface area contributed by atoms with Gasteiger partial charge >= 0.3 is 0 Å². The molecule has 0 heterocycles. The predicted octanol–water partition coefficient (Wildman–Crippen LogP) is 3.17. The van der Waals surface area contributed by atoms with Gasteiger partial charge in [0.25, 0.3) is 5.17 Å². The van der Waals surface area contributed by atoms with Gasteiger partial charge in [-0.15, -0.1) is 0 Å². The van der Waals surface area contributed by atoms with Gasteiger partial charge in [0.2, 0.25) is 0 Å². The lowest BCUT2D eigenvalue weighted by atomic mass is 9.73. The van der Waals surface area contributed by atoms with Crippen molar-refractivity contribution in [2.24, 2.45) is 5.92 Å². The Morgan fingerprint density at radius 3 is 2.79 bits per heavy atom. The van der Waals surface area contributed by atoms with Crippen LogP contribution in [-0.4, -0.2) is 15.8 Å². The van der Waals surface area contributed by atoms with Gasteiger partial charge in [-0.25, -0.2) is 0 Å². The molecule has 1 aliphatic rings. The minimum absolute atomic E-state index is 0.0383. The van der Waals surface area contributed by atoms with Gasteiger partial charge in [0.15, 0.2) is 0 Å². The lowest BCUT2D eigenvalue weighted by Crippen LogP contribution is -2.50. The summed E-state index contributed by atoms with van der Waals surface area (Å²) in [5.74, 6) is 0.797. The van der Waals surface area contributed by atoms with E-state index in [1.165, 1.54) is 19.3 Å². The van der Waals surface area contributed by atoms with Crippen molar-refractivity contribution in [3.05, 3.63) is 0 Å². The molecule has 1 saturated carbocycles. The highest BCUT2D eigenvalue weighted by Crippen LogP contribution is 2.36. The van der Waals surface area contributed by atoms with Crippen LogP contribution in [0.25, 0.3) is 0 Å². The molecule has 14 heavy (non-hydrogen) atoms. The lowest BCUT2D eigenvalue weighted by Gasteiger charge is -2.40. The summed E-state index contributed by atoms with van der Waals surface area (Å²) in [6, 6.07) is 0. The van der Waals surface area contributed by atoms with E-state index in [1.54, 1.807) is 0 Å². The first-order valence-electron chi connectivity index (χ1n) is 5.63. The molecule has 0 aromatic rings. The molecule has 2 N–H and O–H groups in total. The monoisotopic (exact) mass is 215 g/mol. The molecule has 2 nitrogen and oxygen atoms in total. The smallest absolute Gasteiger partial charge is 0.254 e. The summed E-state index contributed by atoms with van der Waals surface area (Å²) >= 11 is 4.73. The van der Waals surface area contributed by atoms with Crippen LogP contribution in [0.2, 0.25) is 0 Å². The average Bonchev–Trinajstić information content (AvgIpc) is 2.17. The molecule has 1 aliphatic carbocycles. The molecule has 0 bridgehead atoms. The first kappa shape index (κ1) is 11.8. The van der Waals surface area contributed by atoms with E-state index in [0.29, 0.717) is 0 Å². The van der Waals surface area contributed by atoms with Crippen LogP contribution >= 0.6 is 12.2 Å². The Morgan fingerprint density at radius 2 is 2.29 bits per heavy atom. The molecule has 3 heteroatoms. The Labute approximate surface area is 92.1 Å². The highest BCUT2D eigenvalue weighted by molar-refractivity contribution is 7.79. The van der Waals surface area contributed by atoms with Gasteiger partial charge < -0.3 is 10.4 Å². The second-order valence-electron chi connectivity index (χ2n) is 4.43. The lowest BCUT2D eigenvalue weighted by molar-refractivity contribution is 0.186. The maximum Gasteiger partial charge on any atom is 0.254 e. The molecule has 0 amide bonds. The van der Waals surface area contributed by atoms with Gasteiger partial charge in [0.05, 0.1) is 0 Å². The van der Waals surface area contributed by atoms with Gasteiger partial charge in [-0.2, -0.15) is 0 Å². The number of nitrogens with one attached hydrogen (secondary N) is 1. The molecule has 82 valence electrons. The Kier molecular flexibility index (Phi) is 4.17. The minimum Gasteiger partial charge on any atom is -0.487 e. The van der Waals surface area contributed by atoms with Crippen molar-refractivity contribution in [2.75, 3.05) is 0 Å².